The molecule has 2 aromatic rings. The first-order valence-corrected chi connectivity index (χ1v) is 10.7. The van der Waals surface area contributed by atoms with Gasteiger partial charge in [-0.2, -0.15) is 0 Å². The van der Waals surface area contributed by atoms with E-state index >= 15 is 0 Å². The standard InChI is InChI=1S/C25H29NO6/c1-4-14-32-20-8-5-7-18(16-20)23(27)21-22(17-9-11-19(31-3)12-10-17)26(13-6-15-30-2)25(29)24(21)28/h5,7-12,16,22,27H,4,6,13-15H2,1-3H3/b23-21-. The van der Waals surface area contributed by atoms with Crippen LogP contribution < -0.4 is 9.47 Å². The second-order valence-electron chi connectivity index (χ2n) is 7.49. The van der Waals surface area contributed by atoms with Crippen LogP contribution in [0.1, 0.15) is 36.9 Å². The Morgan fingerprint density at radius 1 is 1.03 bits per heavy atom. The minimum absolute atomic E-state index is 0.0604. The molecular formula is C25H29NO6. The molecule has 0 saturated carbocycles. The summed E-state index contributed by atoms with van der Waals surface area (Å²) in [7, 11) is 3.15. The molecule has 7 nitrogen and oxygen atoms in total. The van der Waals surface area contributed by atoms with E-state index in [2.05, 4.69) is 0 Å². The summed E-state index contributed by atoms with van der Waals surface area (Å²) in [6.45, 7) is 3.32. The Balaban J connectivity index is 2.07. The predicted octanol–water partition coefficient (Wildman–Crippen LogP) is 3.94. The second kappa shape index (κ2) is 10.8. The molecule has 1 N–H and O–H groups in total. The zero-order valence-corrected chi connectivity index (χ0v) is 18.7. The van der Waals surface area contributed by atoms with Crippen LogP contribution in [0.2, 0.25) is 0 Å². The maximum atomic E-state index is 13.0. The van der Waals surface area contributed by atoms with Crippen molar-refractivity contribution in [3.8, 4) is 11.5 Å². The second-order valence-corrected chi connectivity index (χ2v) is 7.49. The van der Waals surface area contributed by atoms with Gasteiger partial charge in [-0.3, -0.25) is 9.59 Å². The van der Waals surface area contributed by atoms with Gasteiger partial charge in [0.25, 0.3) is 11.7 Å². The van der Waals surface area contributed by atoms with E-state index in [1.807, 2.05) is 6.92 Å². The Bertz CT molecular complexity index is 982. The van der Waals surface area contributed by atoms with E-state index < -0.39 is 17.7 Å². The van der Waals surface area contributed by atoms with Crippen LogP contribution in [-0.2, 0) is 14.3 Å². The molecule has 1 fully saturated rings. The van der Waals surface area contributed by atoms with Crippen molar-refractivity contribution in [3.63, 3.8) is 0 Å². The molecule has 1 heterocycles. The van der Waals surface area contributed by atoms with Gasteiger partial charge >= 0.3 is 0 Å². The van der Waals surface area contributed by atoms with Crippen LogP contribution in [0.4, 0.5) is 0 Å². The van der Waals surface area contributed by atoms with Crippen LogP contribution >= 0.6 is 0 Å². The van der Waals surface area contributed by atoms with Crippen molar-refractivity contribution in [3.05, 3.63) is 65.2 Å². The predicted molar refractivity (Wildman–Crippen MR) is 121 cm³/mol. The number of ketones is 1. The average Bonchev–Trinajstić information content (AvgIpc) is 3.07. The van der Waals surface area contributed by atoms with E-state index in [0.717, 1.165) is 6.42 Å². The molecule has 32 heavy (non-hydrogen) atoms. The molecule has 0 radical (unpaired) electrons. The number of aliphatic hydroxyl groups excluding tert-OH is 1. The summed E-state index contributed by atoms with van der Waals surface area (Å²) in [6, 6.07) is 13.3. The van der Waals surface area contributed by atoms with Crippen LogP contribution in [0.15, 0.2) is 54.1 Å². The number of nitrogens with zero attached hydrogens (tertiary/aromatic N) is 1. The zero-order valence-electron chi connectivity index (χ0n) is 18.7. The van der Waals surface area contributed by atoms with Gasteiger partial charge in [-0.25, -0.2) is 0 Å². The molecule has 1 saturated heterocycles. The van der Waals surface area contributed by atoms with E-state index in [4.69, 9.17) is 14.2 Å². The van der Waals surface area contributed by atoms with Crippen molar-refractivity contribution in [2.24, 2.45) is 0 Å². The highest BCUT2D eigenvalue weighted by molar-refractivity contribution is 6.46. The fourth-order valence-electron chi connectivity index (χ4n) is 3.73. The van der Waals surface area contributed by atoms with E-state index in [1.165, 1.54) is 4.90 Å². The van der Waals surface area contributed by atoms with E-state index in [0.29, 0.717) is 48.8 Å². The highest BCUT2D eigenvalue weighted by atomic mass is 16.5. The number of benzene rings is 2. The minimum atomic E-state index is -0.710. The number of aliphatic hydroxyl groups is 1. The summed E-state index contributed by atoms with van der Waals surface area (Å²) in [5.41, 5.74) is 1.19. The highest BCUT2D eigenvalue weighted by Crippen LogP contribution is 2.40. The van der Waals surface area contributed by atoms with Crippen molar-refractivity contribution < 1.29 is 28.9 Å². The molecule has 7 heteroatoms. The number of carbonyl (C=O) groups is 2. The summed E-state index contributed by atoms with van der Waals surface area (Å²) >= 11 is 0. The molecule has 1 aliphatic rings. The summed E-state index contributed by atoms with van der Waals surface area (Å²) in [5.74, 6) is -0.320. The number of amides is 1. The largest absolute Gasteiger partial charge is 0.507 e. The lowest BCUT2D eigenvalue weighted by Gasteiger charge is -2.25. The van der Waals surface area contributed by atoms with Gasteiger partial charge in [-0.05, 0) is 42.7 Å². The third-order valence-corrected chi connectivity index (χ3v) is 5.30. The summed E-state index contributed by atoms with van der Waals surface area (Å²) in [4.78, 5) is 27.4. The lowest BCUT2D eigenvalue weighted by Crippen LogP contribution is -2.31. The Morgan fingerprint density at radius 3 is 2.44 bits per heavy atom. The fourth-order valence-corrected chi connectivity index (χ4v) is 3.73. The van der Waals surface area contributed by atoms with Gasteiger partial charge in [0.2, 0.25) is 0 Å². The topological polar surface area (TPSA) is 85.3 Å². The molecule has 1 atom stereocenters. The molecule has 2 aromatic carbocycles. The normalized spacial score (nSPS) is 17.6. The molecule has 0 aliphatic carbocycles. The van der Waals surface area contributed by atoms with Gasteiger partial charge in [-0.15, -0.1) is 0 Å². The number of hydrogen-bond donors (Lipinski definition) is 1. The SMILES string of the molecule is CCCOc1cccc(/C(O)=C2/C(=O)C(=O)N(CCCOC)C2c2ccc(OC)cc2)c1. The van der Waals surface area contributed by atoms with Crippen molar-refractivity contribution >= 4 is 17.4 Å². The van der Waals surface area contributed by atoms with Gasteiger partial charge in [0, 0.05) is 25.8 Å². The van der Waals surface area contributed by atoms with Gasteiger partial charge in [0.05, 0.1) is 25.3 Å². The Kier molecular flexibility index (Phi) is 7.89. The Hall–Kier alpha value is -3.32. The van der Waals surface area contributed by atoms with Crippen LogP contribution in [0, 0.1) is 0 Å². The molecular weight excluding hydrogens is 410 g/mol. The maximum Gasteiger partial charge on any atom is 0.295 e. The smallest absolute Gasteiger partial charge is 0.295 e. The van der Waals surface area contributed by atoms with Crippen molar-refractivity contribution in [1.82, 2.24) is 4.90 Å². The third kappa shape index (κ3) is 4.94. The molecule has 0 aromatic heterocycles. The zero-order chi connectivity index (χ0) is 23.1. The first-order chi connectivity index (χ1) is 15.5. The van der Waals surface area contributed by atoms with E-state index in [1.54, 1.807) is 62.8 Å². The van der Waals surface area contributed by atoms with Crippen LogP contribution in [0.3, 0.4) is 0 Å². The van der Waals surface area contributed by atoms with Gasteiger partial charge in [-0.1, -0.05) is 31.2 Å². The average molecular weight is 440 g/mol. The van der Waals surface area contributed by atoms with Crippen molar-refractivity contribution in [2.75, 3.05) is 34.0 Å². The Labute approximate surface area is 188 Å². The number of rotatable bonds is 10. The summed E-state index contributed by atoms with van der Waals surface area (Å²) in [6.07, 6.45) is 1.41. The van der Waals surface area contributed by atoms with Gasteiger partial charge in [0.15, 0.2) is 0 Å². The van der Waals surface area contributed by atoms with E-state index in [-0.39, 0.29) is 11.3 Å². The minimum Gasteiger partial charge on any atom is -0.507 e. The lowest BCUT2D eigenvalue weighted by atomic mass is 9.95. The quantitative estimate of drug-likeness (QED) is 0.261. The third-order valence-electron chi connectivity index (χ3n) is 5.30. The van der Waals surface area contributed by atoms with Crippen LogP contribution in [0.5, 0.6) is 11.5 Å². The number of ether oxygens (including phenoxy) is 3. The first-order valence-electron chi connectivity index (χ1n) is 10.7. The molecule has 170 valence electrons. The molecule has 0 bridgehead atoms. The monoisotopic (exact) mass is 439 g/mol. The fraction of sp³-hybridized carbons (Fsp3) is 0.360. The first kappa shape index (κ1) is 23.3. The highest BCUT2D eigenvalue weighted by Gasteiger charge is 2.45. The number of Topliss-reactive ketones (excluding diaryl/α,β-unsaturated/α-hetero) is 1. The van der Waals surface area contributed by atoms with E-state index in [9.17, 15) is 14.7 Å². The molecule has 1 amide bonds. The van der Waals surface area contributed by atoms with Crippen LogP contribution in [0.25, 0.3) is 5.76 Å². The van der Waals surface area contributed by atoms with Crippen molar-refractivity contribution in [1.29, 1.82) is 0 Å². The summed E-state index contributed by atoms with van der Waals surface area (Å²) in [5, 5.41) is 11.2. The number of hydrogen-bond acceptors (Lipinski definition) is 6. The molecule has 1 unspecified atom stereocenters. The summed E-state index contributed by atoms with van der Waals surface area (Å²) < 4.78 is 16.0. The molecule has 1 aliphatic heterocycles. The lowest BCUT2D eigenvalue weighted by molar-refractivity contribution is -0.140. The van der Waals surface area contributed by atoms with Crippen molar-refractivity contribution in [2.45, 2.75) is 25.8 Å². The molecule has 0 spiro atoms. The Morgan fingerprint density at radius 2 is 1.78 bits per heavy atom. The van der Waals surface area contributed by atoms with Gasteiger partial charge < -0.3 is 24.2 Å². The van der Waals surface area contributed by atoms with Crippen LogP contribution in [-0.4, -0.2) is 55.7 Å². The maximum absolute atomic E-state index is 13.0. The number of carbonyl (C=O) groups excluding carboxylic acids is 2. The van der Waals surface area contributed by atoms with Gasteiger partial charge in [0.1, 0.15) is 17.3 Å². The molecule has 3 rings (SSSR count). The number of methoxy groups -OCH3 is 2. The number of likely N-dealkylation sites (tertiary alicyclic amines) is 1.